The molecule has 1 aliphatic carbocycles. The number of likely N-dealkylation sites (N-methyl/N-ethyl adjacent to an activating group) is 1. The number of carbonyl (C=O) groups excluding carboxylic acids is 3. The Bertz CT molecular complexity index is 1140. The molecule has 2 fully saturated rings. The van der Waals surface area contributed by atoms with E-state index in [0.717, 1.165) is 11.0 Å². The Morgan fingerprint density at radius 1 is 1.23 bits per heavy atom. The zero-order valence-corrected chi connectivity index (χ0v) is 19.6. The molecule has 4 rings (SSSR count). The largest absolute Gasteiger partial charge is 0.351 e. The molecule has 4 amide bonds. The van der Waals surface area contributed by atoms with E-state index in [4.69, 9.17) is 11.6 Å². The van der Waals surface area contributed by atoms with Gasteiger partial charge in [0.1, 0.15) is 11.9 Å². The Morgan fingerprint density at radius 2 is 1.94 bits per heavy atom. The number of rotatable bonds is 7. The molecule has 11 heteroatoms. The highest BCUT2D eigenvalue weighted by atomic mass is 35.5. The van der Waals surface area contributed by atoms with Crippen LogP contribution in [-0.2, 0) is 9.59 Å². The van der Waals surface area contributed by atoms with Crippen LogP contribution in [0.4, 0.5) is 23.7 Å². The zero-order valence-electron chi connectivity index (χ0n) is 18.8. The molecule has 7 nitrogen and oxygen atoms in total. The first-order valence-corrected chi connectivity index (χ1v) is 11.4. The van der Waals surface area contributed by atoms with E-state index in [1.807, 2.05) is 0 Å². The summed E-state index contributed by atoms with van der Waals surface area (Å²) in [6.45, 7) is 0.266. The minimum absolute atomic E-state index is 0.0895. The van der Waals surface area contributed by atoms with E-state index in [-0.39, 0.29) is 35.3 Å². The molecular weight excluding hydrogens is 485 g/mol. The molecule has 1 heterocycles. The lowest BCUT2D eigenvalue weighted by molar-refractivity contribution is -0.132. The second-order valence-electron chi connectivity index (χ2n) is 8.87. The highest BCUT2D eigenvalue weighted by Gasteiger charge is 2.47. The summed E-state index contributed by atoms with van der Waals surface area (Å²) in [6, 6.07) is 8.51. The summed E-state index contributed by atoms with van der Waals surface area (Å²) in [7, 11) is 1.58. The van der Waals surface area contributed by atoms with Crippen LogP contribution >= 0.6 is 11.6 Å². The fraction of sp³-hybridized carbons (Fsp3) is 0.375. The van der Waals surface area contributed by atoms with Crippen molar-refractivity contribution >= 4 is 35.1 Å². The van der Waals surface area contributed by atoms with E-state index in [9.17, 15) is 27.6 Å². The fourth-order valence-electron chi connectivity index (χ4n) is 4.37. The zero-order chi connectivity index (χ0) is 25.3. The first-order valence-electron chi connectivity index (χ1n) is 11.1. The SMILES string of the molecule is CN1C[C@H](CC(=O)N(c2cccc(F)c2)C(C(=O)NC2CC(F)(F)C2)c2ccccc2Cl)NC1=O. The molecule has 2 aromatic rings. The lowest BCUT2D eigenvalue weighted by Gasteiger charge is -2.38. The summed E-state index contributed by atoms with van der Waals surface area (Å²) in [5.74, 6) is -4.78. The number of urea groups is 1. The number of nitrogens with one attached hydrogen (secondary N) is 2. The molecule has 1 aliphatic heterocycles. The van der Waals surface area contributed by atoms with Crippen LogP contribution in [0.25, 0.3) is 0 Å². The van der Waals surface area contributed by atoms with Gasteiger partial charge in [0.05, 0.1) is 6.04 Å². The van der Waals surface area contributed by atoms with Gasteiger partial charge in [0.15, 0.2) is 0 Å². The van der Waals surface area contributed by atoms with Gasteiger partial charge in [-0.1, -0.05) is 35.9 Å². The summed E-state index contributed by atoms with van der Waals surface area (Å²) in [5.41, 5.74) is 0.342. The normalized spacial score (nSPS) is 20.1. The van der Waals surface area contributed by atoms with Crippen LogP contribution in [0.3, 0.4) is 0 Å². The minimum atomic E-state index is -2.86. The number of amides is 4. The summed E-state index contributed by atoms with van der Waals surface area (Å²) >= 11 is 6.39. The molecule has 0 radical (unpaired) electrons. The summed E-state index contributed by atoms with van der Waals surface area (Å²) < 4.78 is 41.0. The lowest BCUT2D eigenvalue weighted by atomic mass is 9.87. The standard InChI is InChI=1S/C24H24ClF3N4O3/c1-31-13-15(30-23(31)35)10-20(33)32(17-6-4-5-14(26)9-17)21(18-7-2-3-8-19(18)25)22(34)29-16-11-24(27,28)12-16/h2-9,15-16,21H,10-13H2,1H3,(H,29,34)(H,30,35)/t15-,21?/m0/s1. The number of halogens is 4. The van der Waals surface area contributed by atoms with Gasteiger partial charge >= 0.3 is 6.03 Å². The Morgan fingerprint density at radius 3 is 2.54 bits per heavy atom. The first kappa shape index (κ1) is 24.8. The van der Waals surface area contributed by atoms with Crippen LogP contribution in [0.1, 0.15) is 30.9 Å². The molecule has 0 spiro atoms. The predicted molar refractivity (Wildman–Crippen MR) is 124 cm³/mol. The third-order valence-corrected chi connectivity index (χ3v) is 6.43. The van der Waals surface area contributed by atoms with Crippen molar-refractivity contribution < 1.29 is 27.6 Å². The fourth-order valence-corrected chi connectivity index (χ4v) is 4.61. The van der Waals surface area contributed by atoms with Gasteiger partial charge in [-0.05, 0) is 24.3 Å². The van der Waals surface area contributed by atoms with Crippen LogP contribution in [0, 0.1) is 5.82 Å². The van der Waals surface area contributed by atoms with E-state index in [0.29, 0.717) is 0 Å². The minimum Gasteiger partial charge on any atom is -0.351 e. The quantitative estimate of drug-likeness (QED) is 0.595. The molecule has 186 valence electrons. The molecule has 2 aliphatic rings. The summed E-state index contributed by atoms with van der Waals surface area (Å²) in [5, 5.41) is 5.44. The van der Waals surface area contributed by atoms with Crippen molar-refractivity contribution in [2.75, 3.05) is 18.5 Å². The number of carbonyl (C=O) groups is 3. The molecule has 35 heavy (non-hydrogen) atoms. The maximum atomic E-state index is 14.2. The third kappa shape index (κ3) is 5.53. The van der Waals surface area contributed by atoms with Crippen molar-refractivity contribution in [1.29, 1.82) is 0 Å². The monoisotopic (exact) mass is 508 g/mol. The van der Waals surface area contributed by atoms with Gasteiger partial charge in [0.2, 0.25) is 11.8 Å². The molecule has 1 unspecified atom stereocenters. The number of hydrogen-bond donors (Lipinski definition) is 2. The topological polar surface area (TPSA) is 81.8 Å². The molecule has 0 aromatic heterocycles. The Labute approximate surface area is 205 Å². The van der Waals surface area contributed by atoms with Gasteiger partial charge in [0.25, 0.3) is 5.92 Å². The molecular formula is C24H24ClF3N4O3. The molecule has 1 saturated carbocycles. The smallest absolute Gasteiger partial charge is 0.317 e. The highest BCUT2D eigenvalue weighted by molar-refractivity contribution is 6.31. The van der Waals surface area contributed by atoms with Gasteiger partial charge < -0.3 is 15.5 Å². The van der Waals surface area contributed by atoms with Crippen molar-refractivity contribution in [3.63, 3.8) is 0 Å². The van der Waals surface area contributed by atoms with Crippen molar-refractivity contribution in [2.45, 2.75) is 43.3 Å². The second kappa shape index (κ2) is 9.77. The third-order valence-electron chi connectivity index (χ3n) is 6.09. The van der Waals surface area contributed by atoms with E-state index in [2.05, 4.69) is 10.6 Å². The highest BCUT2D eigenvalue weighted by Crippen LogP contribution is 2.39. The van der Waals surface area contributed by atoms with Crippen molar-refractivity contribution in [3.8, 4) is 0 Å². The van der Waals surface area contributed by atoms with Crippen molar-refractivity contribution in [1.82, 2.24) is 15.5 Å². The van der Waals surface area contributed by atoms with Gasteiger partial charge in [-0.15, -0.1) is 0 Å². The Kier molecular flexibility index (Phi) is 6.93. The maximum absolute atomic E-state index is 14.2. The lowest BCUT2D eigenvalue weighted by Crippen LogP contribution is -2.54. The second-order valence-corrected chi connectivity index (χ2v) is 9.28. The molecule has 2 atom stereocenters. The maximum Gasteiger partial charge on any atom is 0.317 e. The van der Waals surface area contributed by atoms with Gasteiger partial charge in [-0.25, -0.2) is 18.0 Å². The molecule has 0 bridgehead atoms. The van der Waals surface area contributed by atoms with Gasteiger partial charge in [0, 0.05) is 55.2 Å². The Hall–Kier alpha value is -3.27. The summed E-state index contributed by atoms with van der Waals surface area (Å²) in [6.07, 6.45) is -1.20. The molecule has 2 N–H and O–H groups in total. The molecule has 1 saturated heterocycles. The van der Waals surface area contributed by atoms with Crippen molar-refractivity contribution in [2.24, 2.45) is 0 Å². The molecule has 2 aromatic carbocycles. The number of nitrogens with zero attached hydrogens (tertiary/aromatic N) is 2. The van der Waals surface area contributed by atoms with E-state index >= 15 is 0 Å². The van der Waals surface area contributed by atoms with E-state index < -0.39 is 54.5 Å². The van der Waals surface area contributed by atoms with Gasteiger partial charge in [-0.3, -0.25) is 14.5 Å². The Balaban J connectivity index is 1.72. The predicted octanol–water partition coefficient (Wildman–Crippen LogP) is 3.88. The number of alkyl halides is 2. The average molecular weight is 509 g/mol. The first-order chi connectivity index (χ1) is 16.5. The van der Waals surface area contributed by atoms with E-state index in [1.165, 1.54) is 29.2 Å². The van der Waals surface area contributed by atoms with Crippen LogP contribution in [0.2, 0.25) is 5.02 Å². The van der Waals surface area contributed by atoms with Crippen LogP contribution < -0.4 is 15.5 Å². The number of benzene rings is 2. The van der Waals surface area contributed by atoms with Crippen LogP contribution in [0.15, 0.2) is 48.5 Å². The van der Waals surface area contributed by atoms with Crippen LogP contribution in [0.5, 0.6) is 0 Å². The number of hydrogen-bond acceptors (Lipinski definition) is 3. The van der Waals surface area contributed by atoms with Gasteiger partial charge in [-0.2, -0.15) is 0 Å². The number of anilines is 1. The van der Waals surface area contributed by atoms with Crippen molar-refractivity contribution in [3.05, 3.63) is 64.9 Å². The van der Waals surface area contributed by atoms with E-state index in [1.54, 1.807) is 25.2 Å². The summed E-state index contributed by atoms with van der Waals surface area (Å²) in [4.78, 5) is 41.5. The van der Waals surface area contributed by atoms with Crippen LogP contribution in [-0.4, -0.2) is 54.3 Å². The average Bonchev–Trinajstić information content (AvgIpc) is 3.07.